The van der Waals surface area contributed by atoms with Crippen molar-refractivity contribution in [3.8, 4) is 0 Å². The van der Waals surface area contributed by atoms with Gasteiger partial charge in [0, 0.05) is 21.8 Å². The zero-order valence-corrected chi connectivity index (χ0v) is 22.7. The van der Waals surface area contributed by atoms with Gasteiger partial charge in [-0.05, 0) is 34.4 Å². The lowest BCUT2D eigenvalue weighted by Crippen LogP contribution is -2.56. The van der Waals surface area contributed by atoms with E-state index in [1.165, 1.54) is 19.9 Å². The Morgan fingerprint density at radius 3 is 1.47 bits per heavy atom. The molecule has 0 aliphatic heterocycles. The quantitative estimate of drug-likeness (QED) is 0.287. The van der Waals surface area contributed by atoms with Crippen molar-refractivity contribution >= 4 is 17.8 Å². The van der Waals surface area contributed by atoms with Crippen LogP contribution in [0.25, 0.3) is 0 Å². The minimum Gasteiger partial charge on any atom is -0.369 e. The number of aliphatic hydroxyl groups is 1. The lowest BCUT2D eigenvalue weighted by atomic mass is 9.89. The minimum atomic E-state index is -6.09. The fraction of sp³-hybridized carbons (Fsp3) is 0.556. The predicted octanol–water partition coefficient (Wildman–Crippen LogP) is 8.09. The van der Waals surface area contributed by atoms with Gasteiger partial charge in [-0.1, -0.05) is 91.8 Å². The lowest BCUT2D eigenvalue weighted by Gasteiger charge is -2.37. The molecule has 2 aromatic rings. The summed E-state index contributed by atoms with van der Waals surface area (Å²) in [4.78, 5) is 0. The van der Waals surface area contributed by atoms with Crippen LogP contribution < -0.4 is 10.6 Å². The highest BCUT2D eigenvalue weighted by Crippen LogP contribution is 2.57. The molecule has 1 atom stereocenters. The molecule has 0 radical (unpaired) electrons. The molecule has 2 nitrogen and oxygen atoms in total. The third-order valence-electron chi connectivity index (χ3n) is 6.63. The van der Waals surface area contributed by atoms with Crippen molar-refractivity contribution in [2.24, 2.45) is 0 Å². The van der Waals surface area contributed by atoms with Gasteiger partial charge in [0.1, 0.15) is 7.14 Å². The van der Waals surface area contributed by atoms with Gasteiger partial charge >= 0.3 is 12.4 Å². The van der Waals surface area contributed by atoms with E-state index < -0.39 is 41.6 Å². The van der Waals surface area contributed by atoms with Crippen molar-refractivity contribution in [2.45, 2.75) is 96.8 Å². The Balaban J connectivity index is 3.18. The first-order valence-corrected chi connectivity index (χ1v) is 13.7. The molecule has 0 saturated heterocycles. The van der Waals surface area contributed by atoms with E-state index in [1.807, 2.05) is 53.7 Å². The molecule has 36 heavy (non-hydrogen) atoms. The average molecular weight is 537 g/mol. The second-order valence-corrected chi connectivity index (χ2v) is 13.8. The third kappa shape index (κ3) is 5.00. The van der Waals surface area contributed by atoms with Crippen molar-refractivity contribution < 1.29 is 36.0 Å². The number of rotatable bonds is 7. The molecule has 0 aliphatic rings. The molecule has 2 rings (SSSR count). The van der Waals surface area contributed by atoms with Crippen LogP contribution in [0.3, 0.4) is 0 Å². The molecule has 0 aliphatic carbocycles. The normalized spacial score (nSPS) is 15.3. The highest BCUT2D eigenvalue weighted by molar-refractivity contribution is 7.79. The van der Waals surface area contributed by atoms with Crippen LogP contribution in [0.1, 0.15) is 95.4 Å². The first-order chi connectivity index (χ1) is 16.2. The summed E-state index contributed by atoms with van der Waals surface area (Å²) in [6, 6.07) is 7.57. The van der Waals surface area contributed by atoms with Crippen LogP contribution in [-0.4, -0.2) is 23.1 Å². The second-order valence-electron chi connectivity index (χ2n) is 10.5. The maximum atomic E-state index is 15.1. The molecule has 0 amide bonds. The molecular formula is C27H35F6O2P. The third-order valence-corrected chi connectivity index (χ3v) is 10.4. The van der Waals surface area contributed by atoms with Crippen LogP contribution in [-0.2, 0) is 10.2 Å². The molecule has 202 valence electrons. The van der Waals surface area contributed by atoms with E-state index in [2.05, 4.69) is 0 Å². The molecular weight excluding hydrogens is 501 g/mol. The molecule has 0 saturated carbocycles. The Bertz CT molecular complexity index is 1090. The van der Waals surface area contributed by atoms with Crippen LogP contribution in [0.5, 0.6) is 0 Å². The van der Waals surface area contributed by atoms with E-state index in [0.717, 1.165) is 17.7 Å². The highest BCUT2D eigenvalue weighted by Gasteiger charge is 2.72. The first kappa shape index (κ1) is 30.4. The Morgan fingerprint density at radius 2 is 1.14 bits per heavy atom. The molecule has 0 spiro atoms. The van der Waals surface area contributed by atoms with Gasteiger partial charge in [-0.15, -0.1) is 0 Å². The minimum absolute atomic E-state index is 0.0975. The van der Waals surface area contributed by atoms with Crippen LogP contribution in [0.2, 0.25) is 0 Å². The van der Waals surface area contributed by atoms with Crippen LogP contribution in [0.4, 0.5) is 26.3 Å². The molecule has 0 heterocycles. The van der Waals surface area contributed by atoms with Gasteiger partial charge < -0.3 is 9.67 Å². The highest BCUT2D eigenvalue weighted by atomic mass is 31.2. The fourth-order valence-corrected chi connectivity index (χ4v) is 8.12. The van der Waals surface area contributed by atoms with Gasteiger partial charge in [-0.3, -0.25) is 0 Å². The van der Waals surface area contributed by atoms with Crippen molar-refractivity contribution in [1.82, 2.24) is 0 Å². The zero-order valence-electron chi connectivity index (χ0n) is 21.8. The molecule has 2 aromatic carbocycles. The first-order valence-electron chi connectivity index (χ1n) is 12.0. The summed E-state index contributed by atoms with van der Waals surface area (Å²) in [7, 11) is -4.16. The maximum absolute atomic E-state index is 15.1. The van der Waals surface area contributed by atoms with Crippen LogP contribution in [0, 0.1) is 0 Å². The van der Waals surface area contributed by atoms with E-state index in [0.29, 0.717) is 17.2 Å². The Hall–Kier alpha value is -1.79. The summed E-state index contributed by atoms with van der Waals surface area (Å²) in [5, 5.41) is 9.99. The topological polar surface area (TPSA) is 37.3 Å². The van der Waals surface area contributed by atoms with Crippen molar-refractivity contribution in [3.05, 3.63) is 58.7 Å². The smallest absolute Gasteiger partial charge is 0.369 e. The molecule has 9 heteroatoms. The summed E-state index contributed by atoms with van der Waals surface area (Å²) in [6.07, 6.45) is -12.2. The zero-order chi connectivity index (χ0) is 28.0. The Morgan fingerprint density at radius 1 is 0.722 bits per heavy atom. The molecule has 1 N–H and O–H groups in total. The molecule has 0 aromatic heterocycles. The van der Waals surface area contributed by atoms with Gasteiger partial charge in [-0.25, -0.2) is 0 Å². The predicted molar refractivity (Wildman–Crippen MR) is 133 cm³/mol. The van der Waals surface area contributed by atoms with E-state index in [-0.39, 0.29) is 23.1 Å². The molecule has 0 bridgehead atoms. The summed E-state index contributed by atoms with van der Waals surface area (Å²) >= 11 is 0. The monoisotopic (exact) mass is 536 g/mol. The van der Waals surface area contributed by atoms with E-state index in [1.54, 1.807) is 0 Å². The molecule has 1 unspecified atom stereocenters. The summed E-state index contributed by atoms with van der Waals surface area (Å²) in [5.41, 5.74) is -5.28. The van der Waals surface area contributed by atoms with Gasteiger partial charge in [0.25, 0.3) is 5.60 Å². The second kappa shape index (κ2) is 10.2. The Kier molecular flexibility index (Phi) is 8.60. The van der Waals surface area contributed by atoms with E-state index in [9.17, 15) is 31.4 Å². The lowest BCUT2D eigenvalue weighted by molar-refractivity contribution is -0.375. The van der Waals surface area contributed by atoms with Gasteiger partial charge in [-0.2, -0.15) is 26.3 Å². The van der Waals surface area contributed by atoms with E-state index >= 15 is 4.57 Å². The summed E-state index contributed by atoms with van der Waals surface area (Å²) < 4.78 is 98.9. The molecule has 0 fully saturated rings. The van der Waals surface area contributed by atoms with Gasteiger partial charge in [0.2, 0.25) is 0 Å². The fourth-order valence-electron chi connectivity index (χ4n) is 4.49. The number of hydrogen-bond acceptors (Lipinski definition) is 2. The van der Waals surface area contributed by atoms with Crippen molar-refractivity contribution in [3.63, 3.8) is 0 Å². The number of halogens is 6. The van der Waals surface area contributed by atoms with E-state index in [4.69, 9.17) is 0 Å². The average Bonchev–Trinajstić information content (AvgIpc) is 2.75. The summed E-state index contributed by atoms with van der Waals surface area (Å²) in [5.74, 6) is -0.320. The number of benzene rings is 2. The maximum Gasteiger partial charge on any atom is 0.430 e. The Labute approximate surface area is 209 Å². The number of hydrogen-bond donors (Lipinski definition) is 1. The van der Waals surface area contributed by atoms with Crippen molar-refractivity contribution in [2.75, 3.05) is 0 Å². The van der Waals surface area contributed by atoms with Crippen molar-refractivity contribution in [1.29, 1.82) is 0 Å². The summed E-state index contributed by atoms with van der Waals surface area (Å²) in [6.45, 7) is 14.4. The SMILES string of the molecule is CC(C)c1cc(C(C)C)c(P(=O)(c2ccccc2C(O)(C(F)(F)F)C(F)(F)F)C(C)C)c(C(C)C)c1. The van der Waals surface area contributed by atoms with Crippen LogP contribution >= 0.6 is 7.14 Å². The standard InChI is InChI=1S/C27H35F6O2P/c1-15(2)19-13-20(16(3)4)24(21(14-19)17(5)6)36(35,18(7)8)23-12-10-9-11-22(23)25(34,26(28,29)30)27(31,32)33/h9-18,34H,1-8H3. The van der Waals surface area contributed by atoms with Gasteiger partial charge in [0.05, 0.1) is 0 Å². The van der Waals surface area contributed by atoms with Gasteiger partial charge in [0.15, 0.2) is 0 Å². The van der Waals surface area contributed by atoms with Crippen LogP contribution in [0.15, 0.2) is 36.4 Å². The largest absolute Gasteiger partial charge is 0.430 e. The number of alkyl halides is 6.